The van der Waals surface area contributed by atoms with Crippen LogP contribution in [0.1, 0.15) is 32.3 Å². The maximum Gasteiger partial charge on any atom is 0.161 e. The van der Waals surface area contributed by atoms with Crippen LogP contribution in [-0.2, 0) is 5.41 Å². The van der Waals surface area contributed by atoms with E-state index in [1.807, 2.05) is 18.2 Å². The van der Waals surface area contributed by atoms with Gasteiger partial charge in [-0.25, -0.2) is 0 Å². The van der Waals surface area contributed by atoms with Gasteiger partial charge in [0.15, 0.2) is 11.5 Å². The largest absolute Gasteiger partial charge is 0.493 e. The van der Waals surface area contributed by atoms with Crippen molar-refractivity contribution in [2.24, 2.45) is 5.92 Å². The molecule has 2 radical (unpaired) electrons. The Labute approximate surface area is 123 Å². The number of nitrogens with zero attached hydrogens (tertiary/aromatic N) is 1. The number of benzene rings is 1. The van der Waals surface area contributed by atoms with Crippen molar-refractivity contribution in [3.8, 4) is 17.6 Å². The maximum absolute atomic E-state index is 9.75. The molecule has 1 atom stereocenters. The second-order valence-electron chi connectivity index (χ2n) is 5.20. The van der Waals surface area contributed by atoms with Crippen molar-refractivity contribution in [2.45, 2.75) is 38.4 Å². The van der Waals surface area contributed by atoms with Gasteiger partial charge >= 0.3 is 0 Å². The third kappa shape index (κ3) is 3.09. The highest BCUT2D eigenvalue weighted by Gasteiger charge is 2.35. The molecular weight excluding hydrogens is 249 g/mol. The van der Waals surface area contributed by atoms with Crippen molar-refractivity contribution in [1.82, 2.24) is 0 Å². The number of nitriles is 1. The molecule has 1 rings (SSSR count). The molecule has 0 N–H and O–H groups in total. The molecule has 0 aliphatic carbocycles. The van der Waals surface area contributed by atoms with Crippen LogP contribution in [0.15, 0.2) is 18.2 Å². The molecule has 0 heterocycles. The van der Waals surface area contributed by atoms with Crippen LogP contribution in [0.5, 0.6) is 11.5 Å². The minimum Gasteiger partial charge on any atom is -0.493 e. The number of rotatable bonds is 7. The monoisotopic (exact) mass is 271 g/mol. The predicted molar refractivity (Wildman–Crippen MR) is 81.5 cm³/mol. The van der Waals surface area contributed by atoms with Crippen molar-refractivity contribution in [2.75, 3.05) is 14.2 Å². The standard InChI is InChI=1S/C16H22BNO2/c1-12(2)16(11-18,8-5-9-17)13-6-7-14(19-3)15(10-13)20-4/h6-7,10,12H,5,8-9H2,1-4H3. The molecule has 0 amide bonds. The van der Waals surface area contributed by atoms with E-state index < -0.39 is 5.41 Å². The lowest BCUT2D eigenvalue weighted by Gasteiger charge is -2.32. The first-order valence-electron chi connectivity index (χ1n) is 6.89. The predicted octanol–water partition coefficient (Wildman–Crippen LogP) is 3.49. The van der Waals surface area contributed by atoms with Gasteiger partial charge in [0.25, 0.3) is 0 Å². The van der Waals surface area contributed by atoms with Gasteiger partial charge in [0.05, 0.1) is 33.6 Å². The fraction of sp³-hybridized carbons (Fsp3) is 0.562. The third-order valence-electron chi connectivity index (χ3n) is 3.86. The first-order valence-corrected chi connectivity index (χ1v) is 6.89. The topological polar surface area (TPSA) is 42.2 Å². The Kier molecular flexibility index (Phi) is 5.94. The van der Waals surface area contributed by atoms with E-state index in [0.29, 0.717) is 17.8 Å². The Bertz CT molecular complexity index is 482. The van der Waals surface area contributed by atoms with Gasteiger partial charge in [0.2, 0.25) is 0 Å². The molecule has 20 heavy (non-hydrogen) atoms. The van der Waals surface area contributed by atoms with E-state index in [9.17, 15) is 5.26 Å². The molecule has 0 fully saturated rings. The molecule has 0 aliphatic rings. The molecule has 1 aromatic carbocycles. The number of hydrogen-bond acceptors (Lipinski definition) is 3. The number of hydrogen-bond donors (Lipinski definition) is 0. The van der Waals surface area contributed by atoms with Crippen LogP contribution in [0.25, 0.3) is 0 Å². The molecule has 0 aliphatic heterocycles. The zero-order chi connectivity index (χ0) is 15.2. The highest BCUT2D eigenvalue weighted by molar-refractivity contribution is 6.08. The van der Waals surface area contributed by atoms with Gasteiger partial charge in [0.1, 0.15) is 0 Å². The Morgan fingerprint density at radius 1 is 1.25 bits per heavy atom. The van der Waals surface area contributed by atoms with Crippen molar-refractivity contribution in [1.29, 1.82) is 5.26 Å². The lowest BCUT2D eigenvalue weighted by molar-refractivity contribution is 0.344. The molecule has 4 heteroatoms. The van der Waals surface area contributed by atoms with E-state index in [-0.39, 0.29) is 5.92 Å². The van der Waals surface area contributed by atoms with Gasteiger partial charge < -0.3 is 9.47 Å². The number of methoxy groups -OCH3 is 2. The summed E-state index contributed by atoms with van der Waals surface area (Å²) in [4.78, 5) is 0. The summed E-state index contributed by atoms with van der Waals surface area (Å²) in [5, 5.41) is 9.75. The van der Waals surface area contributed by atoms with Crippen LogP contribution >= 0.6 is 0 Å². The summed E-state index contributed by atoms with van der Waals surface area (Å²) in [6, 6.07) is 8.20. The lowest BCUT2D eigenvalue weighted by atomic mass is 9.69. The fourth-order valence-electron chi connectivity index (χ4n) is 2.51. The van der Waals surface area contributed by atoms with E-state index in [1.54, 1.807) is 14.2 Å². The summed E-state index contributed by atoms with van der Waals surface area (Å²) in [5.74, 6) is 1.51. The average molecular weight is 271 g/mol. The van der Waals surface area contributed by atoms with Gasteiger partial charge in [-0.05, 0) is 30.0 Å². The summed E-state index contributed by atoms with van der Waals surface area (Å²) < 4.78 is 10.6. The van der Waals surface area contributed by atoms with Gasteiger partial charge in [-0.1, -0.05) is 32.7 Å². The van der Waals surface area contributed by atoms with Crippen molar-refractivity contribution in [3.05, 3.63) is 23.8 Å². The van der Waals surface area contributed by atoms with Gasteiger partial charge in [-0.2, -0.15) is 5.26 Å². The Balaban J connectivity index is 3.31. The molecule has 0 saturated heterocycles. The van der Waals surface area contributed by atoms with Crippen LogP contribution in [0, 0.1) is 17.2 Å². The summed E-state index contributed by atoms with van der Waals surface area (Å²) in [6.45, 7) is 4.13. The normalized spacial score (nSPS) is 13.6. The first kappa shape index (κ1) is 16.4. The minimum atomic E-state index is -0.543. The number of ether oxygens (including phenoxy) is 2. The van der Waals surface area contributed by atoms with Gasteiger partial charge in [-0.3, -0.25) is 0 Å². The maximum atomic E-state index is 9.75. The molecule has 1 unspecified atom stereocenters. The van der Waals surface area contributed by atoms with E-state index in [2.05, 4.69) is 19.9 Å². The summed E-state index contributed by atoms with van der Waals surface area (Å²) in [6.07, 6.45) is 2.15. The molecular formula is C16H22BNO2. The molecule has 1 aromatic rings. The molecule has 0 saturated carbocycles. The Hall–Kier alpha value is -1.63. The van der Waals surface area contributed by atoms with Crippen LogP contribution < -0.4 is 9.47 Å². The van der Waals surface area contributed by atoms with Gasteiger partial charge in [0, 0.05) is 0 Å². The summed E-state index contributed by atoms with van der Waals surface area (Å²) in [7, 11) is 8.82. The highest BCUT2D eigenvalue weighted by Crippen LogP contribution is 2.40. The van der Waals surface area contributed by atoms with E-state index in [1.165, 1.54) is 0 Å². The SMILES string of the molecule is [B]CCCC(C#N)(c1ccc(OC)c(OC)c1)C(C)C. The third-order valence-corrected chi connectivity index (χ3v) is 3.86. The second kappa shape index (κ2) is 7.24. The molecule has 0 bridgehead atoms. The Morgan fingerprint density at radius 2 is 1.90 bits per heavy atom. The molecule has 3 nitrogen and oxygen atoms in total. The van der Waals surface area contributed by atoms with Crippen molar-refractivity contribution in [3.63, 3.8) is 0 Å². The van der Waals surface area contributed by atoms with Crippen LogP contribution in [-0.4, -0.2) is 22.1 Å². The highest BCUT2D eigenvalue weighted by atomic mass is 16.5. The van der Waals surface area contributed by atoms with Crippen LogP contribution in [0.2, 0.25) is 6.32 Å². The summed E-state index contributed by atoms with van der Waals surface area (Å²) >= 11 is 0. The molecule has 0 spiro atoms. The average Bonchev–Trinajstić information content (AvgIpc) is 2.47. The fourth-order valence-corrected chi connectivity index (χ4v) is 2.51. The van der Waals surface area contributed by atoms with Crippen LogP contribution in [0.4, 0.5) is 0 Å². The van der Waals surface area contributed by atoms with Crippen molar-refractivity contribution < 1.29 is 9.47 Å². The minimum absolute atomic E-state index is 0.192. The Morgan fingerprint density at radius 3 is 2.35 bits per heavy atom. The first-order chi connectivity index (χ1) is 9.55. The van der Waals surface area contributed by atoms with E-state index >= 15 is 0 Å². The second-order valence-corrected chi connectivity index (χ2v) is 5.20. The van der Waals surface area contributed by atoms with E-state index in [0.717, 1.165) is 18.4 Å². The van der Waals surface area contributed by atoms with Crippen molar-refractivity contribution >= 4 is 7.85 Å². The quantitative estimate of drug-likeness (QED) is 0.713. The lowest BCUT2D eigenvalue weighted by Crippen LogP contribution is -2.30. The van der Waals surface area contributed by atoms with Gasteiger partial charge in [-0.15, -0.1) is 0 Å². The zero-order valence-electron chi connectivity index (χ0n) is 12.8. The molecule has 106 valence electrons. The zero-order valence-corrected chi connectivity index (χ0v) is 12.8. The smallest absolute Gasteiger partial charge is 0.161 e. The molecule has 0 aromatic heterocycles. The van der Waals surface area contributed by atoms with E-state index in [4.69, 9.17) is 17.3 Å². The summed E-state index contributed by atoms with van der Waals surface area (Å²) in [5.41, 5.74) is 0.417. The van der Waals surface area contributed by atoms with Crippen LogP contribution in [0.3, 0.4) is 0 Å².